The zero-order valence-electron chi connectivity index (χ0n) is 13.9. The number of ether oxygens (including phenoxy) is 1. The van der Waals surface area contributed by atoms with Crippen LogP contribution in [0, 0.1) is 6.92 Å². The van der Waals surface area contributed by atoms with Crippen molar-refractivity contribution in [1.82, 2.24) is 10.1 Å². The SMILES string of the molecule is Cc1c(OCc2ccccc2)noc1C1CCN(CC(N)=O)CC1. The predicted molar refractivity (Wildman–Crippen MR) is 89.6 cm³/mol. The van der Waals surface area contributed by atoms with Crippen LogP contribution >= 0.6 is 0 Å². The van der Waals surface area contributed by atoms with Crippen molar-refractivity contribution in [2.75, 3.05) is 19.6 Å². The minimum absolute atomic E-state index is 0.277. The van der Waals surface area contributed by atoms with Crippen LogP contribution in [0.15, 0.2) is 34.9 Å². The molecule has 0 radical (unpaired) electrons. The second kappa shape index (κ2) is 7.49. The number of piperidine rings is 1. The number of carbonyl (C=O) groups is 1. The van der Waals surface area contributed by atoms with Crippen LogP contribution in [0.4, 0.5) is 0 Å². The number of carbonyl (C=O) groups excluding carboxylic acids is 1. The monoisotopic (exact) mass is 329 g/mol. The molecule has 6 nitrogen and oxygen atoms in total. The van der Waals surface area contributed by atoms with Gasteiger partial charge in [0.2, 0.25) is 5.91 Å². The number of likely N-dealkylation sites (tertiary alicyclic amines) is 1. The van der Waals surface area contributed by atoms with E-state index >= 15 is 0 Å². The molecular formula is C18H23N3O3. The van der Waals surface area contributed by atoms with Crippen LogP contribution in [-0.4, -0.2) is 35.6 Å². The number of benzene rings is 1. The summed E-state index contributed by atoms with van der Waals surface area (Å²) in [5.74, 6) is 1.50. The van der Waals surface area contributed by atoms with Gasteiger partial charge in [0, 0.05) is 5.92 Å². The van der Waals surface area contributed by atoms with Gasteiger partial charge in [0.05, 0.1) is 12.1 Å². The molecule has 1 saturated heterocycles. The van der Waals surface area contributed by atoms with Crippen molar-refractivity contribution >= 4 is 5.91 Å². The Morgan fingerprint density at radius 3 is 2.71 bits per heavy atom. The number of rotatable bonds is 6. The van der Waals surface area contributed by atoms with Gasteiger partial charge in [-0.3, -0.25) is 9.69 Å². The molecule has 1 fully saturated rings. The summed E-state index contributed by atoms with van der Waals surface area (Å²) >= 11 is 0. The Bertz CT molecular complexity index is 676. The second-order valence-corrected chi connectivity index (χ2v) is 6.27. The summed E-state index contributed by atoms with van der Waals surface area (Å²) in [5.41, 5.74) is 7.32. The lowest BCUT2D eigenvalue weighted by molar-refractivity contribution is -0.119. The minimum Gasteiger partial charge on any atom is -0.470 e. The molecule has 0 saturated carbocycles. The third-order valence-corrected chi connectivity index (χ3v) is 4.47. The Hall–Kier alpha value is -2.34. The largest absolute Gasteiger partial charge is 0.470 e. The van der Waals surface area contributed by atoms with E-state index in [9.17, 15) is 4.79 Å². The summed E-state index contributed by atoms with van der Waals surface area (Å²) in [7, 11) is 0. The number of hydrogen-bond acceptors (Lipinski definition) is 5. The summed E-state index contributed by atoms with van der Waals surface area (Å²) in [6.07, 6.45) is 1.86. The number of nitrogens with zero attached hydrogens (tertiary/aromatic N) is 2. The summed E-state index contributed by atoms with van der Waals surface area (Å²) < 4.78 is 11.3. The molecule has 0 spiro atoms. The van der Waals surface area contributed by atoms with E-state index in [0.717, 1.165) is 42.8 Å². The van der Waals surface area contributed by atoms with E-state index in [1.165, 1.54) is 0 Å². The topological polar surface area (TPSA) is 81.6 Å². The number of hydrogen-bond donors (Lipinski definition) is 1. The van der Waals surface area contributed by atoms with E-state index in [4.69, 9.17) is 15.0 Å². The molecule has 3 rings (SSSR count). The van der Waals surface area contributed by atoms with Crippen LogP contribution in [0.25, 0.3) is 0 Å². The summed E-state index contributed by atoms with van der Waals surface area (Å²) in [5, 5.41) is 4.09. The molecule has 1 amide bonds. The van der Waals surface area contributed by atoms with E-state index < -0.39 is 0 Å². The maximum atomic E-state index is 11.0. The number of aromatic nitrogens is 1. The Balaban J connectivity index is 1.58. The minimum atomic E-state index is -0.277. The lowest BCUT2D eigenvalue weighted by Gasteiger charge is -2.29. The molecule has 0 unspecified atom stereocenters. The highest BCUT2D eigenvalue weighted by Crippen LogP contribution is 2.34. The molecule has 1 aliphatic rings. The van der Waals surface area contributed by atoms with E-state index in [2.05, 4.69) is 10.1 Å². The molecule has 2 aromatic rings. The fraction of sp³-hybridized carbons (Fsp3) is 0.444. The van der Waals surface area contributed by atoms with Crippen LogP contribution in [0.2, 0.25) is 0 Å². The number of amides is 1. The first kappa shape index (κ1) is 16.5. The molecule has 24 heavy (non-hydrogen) atoms. The Morgan fingerprint density at radius 1 is 1.33 bits per heavy atom. The van der Waals surface area contributed by atoms with Gasteiger partial charge >= 0.3 is 0 Å². The zero-order chi connectivity index (χ0) is 16.9. The van der Waals surface area contributed by atoms with Crippen LogP contribution in [0.5, 0.6) is 5.88 Å². The zero-order valence-corrected chi connectivity index (χ0v) is 13.9. The van der Waals surface area contributed by atoms with Crippen molar-refractivity contribution in [3.63, 3.8) is 0 Å². The van der Waals surface area contributed by atoms with Crippen molar-refractivity contribution in [3.05, 3.63) is 47.2 Å². The first-order valence-corrected chi connectivity index (χ1v) is 8.27. The predicted octanol–water partition coefficient (Wildman–Crippen LogP) is 2.23. The van der Waals surface area contributed by atoms with Gasteiger partial charge in [0.1, 0.15) is 12.4 Å². The first-order valence-electron chi connectivity index (χ1n) is 8.27. The smallest absolute Gasteiger partial charge is 0.257 e. The average Bonchev–Trinajstić information content (AvgIpc) is 2.95. The van der Waals surface area contributed by atoms with Crippen molar-refractivity contribution < 1.29 is 14.1 Å². The highest BCUT2D eigenvalue weighted by Gasteiger charge is 2.27. The van der Waals surface area contributed by atoms with Gasteiger partial charge < -0.3 is 15.0 Å². The molecule has 2 N–H and O–H groups in total. The summed E-state index contributed by atoms with van der Waals surface area (Å²) in [6.45, 7) is 4.47. The van der Waals surface area contributed by atoms with Gasteiger partial charge in [0.15, 0.2) is 0 Å². The maximum absolute atomic E-state index is 11.0. The Labute approximate surface area is 141 Å². The third kappa shape index (κ3) is 3.94. The molecule has 1 aromatic carbocycles. The van der Waals surface area contributed by atoms with Gasteiger partial charge in [-0.2, -0.15) is 0 Å². The average molecular weight is 329 g/mol. The standard InChI is InChI=1S/C18H23N3O3/c1-13-17(15-7-9-21(10-8-15)11-16(19)22)24-20-18(13)23-12-14-5-3-2-4-6-14/h2-6,15H,7-12H2,1H3,(H2,19,22). The number of primary amides is 1. The molecule has 2 heterocycles. The van der Waals surface area contributed by atoms with Crippen molar-refractivity contribution in [1.29, 1.82) is 0 Å². The molecule has 0 atom stereocenters. The van der Waals surface area contributed by atoms with Crippen LogP contribution in [0.1, 0.15) is 35.6 Å². The summed E-state index contributed by atoms with van der Waals surface area (Å²) in [6, 6.07) is 9.99. The van der Waals surface area contributed by atoms with Gasteiger partial charge in [-0.1, -0.05) is 30.3 Å². The molecule has 1 aliphatic heterocycles. The fourth-order valence-corrected chi connectivity index (χ4v) is 3.15. The quantitative estimate of drug-likeness (QED) is 0.879. The Morgan fingerprint density at radius 2 is 2.04 bits per heavy atom. The van der Waals surface area contributed by atoms with Crippen LogP contribution in [0.3, 0.4) is 0 Å². The highest BCUT2D eigenvalue weighted by atomic mass is 16.5. The van der Waals surface area contributed by atoms with Gasteiger partial charge in [-0.05, 0) is 43.6 Å². The molecule has 1 aromatic heterocycles. The molecule has 128 valence electrons. The molecule has 0 bridgehead atoms. The van der Waals surface area contributed by atoms with Crippen LogP contribution < -0.4 is 10.5 Å². The van der Waals surface area contributed by atoms with Gasteiger partial charge in [-0.25, -0.2) is 0 Å². The lowest BCUT2D eigenvalue weighted by atomic mass is 9.92. The third-order valence-electron chi connectivity index (χ3n) is 4.47. The van der Waals surface area contributed by atoms with Crippen molar-refractivity contribution in [3.8, 4) is 5.88 Å². The van der Waals surface area contributed by atoms with Gasteiger partial charge in [0.25, 0.3) is 5.88 Å². The highest BCUT2D eigenvalue weighted by molar-refractivity contribution is 5.75. The second-order valence-electron chi connectivity index (χ2n) is 6.27. The fourth-order valence-electron chi connectivity index (χ4n) is 3.15. The van der Waals surface area contributed by atoms with Crippen molar-refractivity contribution in [2.45, 2.75) is 32.3 Å². The lowest BCUT2D eigenvalue weighted by Crippen LogP contribution is -2.39. The van der Waals surface area contributed by atoms with Crippen LogP contribution in [-0.2, 0) is 11.4 Å². The molecular weight excluding hydrogens is 306 g/mol. The van der Waals surface area contributed by atoms with E-state index in [1.54, 1.807) is 0 Å². The first-order chi connectivity index (χ1) is 11.6. The van der Waals surface area contributed by atoms with Gasteiger partial charge in [-0.15, -0.1) is 0 Å². The molecule has 0 aliphatic carbocycles. The van der Waals surface area contributed by atoms with Crippen molar-refractivity contribution in [2.24, 2.45) is 5.73 Å². The van der Waals surface area contributed by atoms with E-state index in [1.807, 2.05) is 37.3 Å². The maximum Gasteiger partial charge on any atom is 0.257 e. The van der Waals surface area contributed by atoms with E-state index in [-0.39, 0.29) is 5.91 Å². The number of nitrogens with two attached hydrogens (primary N) is 1. The normalized spacial score (nSPS) is 16.2. The van der Waals surface area contributed by atoms with E-state index in [0.29, 0.717) is 24.9 Å². The Kier molecular flexibility index (Phi) is 5.15. The summed E-state index contributed by atoms with van der Waals surface area (Å²) in [4.78, 5) is 13.1. The molecule has 6 heteroatoms.